The number of nitro groups is 1. The Hall–Kier alpha value is -1.93. The van der Waals surface area contributed by atoms with E-state index in [1.54, 1.807) is 6.07 Å². The molecule has 4 unspecified atom stereocenters. The monoisotopic (exact) mass is 808 g/mol. The van der Waals surface area contributed by atoms with Gasteiger partial charge in [-0.3, -0.25) is 24.2 Å². The first-order valence-corrected chi connectivity index (χ1v) is 21.4. The molecule has 0 aromatic heterocycles. The molecule has 0 fully saturated rings. The zero-order valence-electron chi connectivity index (χ0n) is 25.4. The van der Waals surface area contributed by atoms with Crippen LogP contribution in [0.1, 0.15) is 51.4 Å². The molecule has 1 aromatic rings. The van der Waals surface area contributed by atoms with Crippen LogP contribution in [0.15, 0.2) is 24.3 Å². The van der Waals surface area contributed by atoms with Crippen LogP contribution in [0.3, 0.4) is 0 Å². The zero-order chi connectivity index (χ0) is 37.4. The third-order valence-corrected chi connectivity index (χ3v) is 12.5. The second-order valence-electron chi connectivity index (χ2n) is 9.61. The van der Waals surface area contributed by atoms with Crippen molar-refractivity contribution < 1.29 is 88.5 Å². The van der Waals surface area contributed by atoms with Gasteiger partial charge in [0.25, 0.3) is 5.69 Å². The molecular formula is C20H37N4O20P5. The molecule has 0 radical (unpaired) electrons. The number of carbonyl (C=O) groups is 2. The lowest BCUT2D eigenvalue weighted by Crippen LogP contribution is -2.30. The van der Waals surface area contributed by atoms with Crippen molar-refractivity contribution in [2.75, 3.05) is 31.6 Å². The Bertz CT molecular complexity index is 1510. The zero-order valence-corrected chi connectivity index (χ0v) is 29.8. The molecule has 1 rings (SSSR count). The second kappa shape index (κ2) is 20.8. The molecule has 0 aliphatic carbocycles. The second-order valence-corrected chi connectivity index (χ2v) is 17.2. The average molecular weight is 808 g/mol. The van der Waals surface area contributed by atoms with Gasteiger partial charge in [-0.05, 0) is 31.7 Å². The molecule has 0 saturated heterocycles. The van der Waals surface area contributed by atoms with Crippen LogP contribution in [0.5, 0.6) is 0 Å². The summed E-state index contributed by atoms with van der Waals surface area (Å²) in [5.41, 5.74) is 0.339. The molecule has 4 atom stereocenters. The molecule has 282 valence electrons. The predicted molar refractivity (Wildman–Crippen MR) is 166 cm³/mol. The maximum absolute atomic E-state index is 12.0. The van der Waals surface area contributed by atoms with Crippen molar-refractivity contribution in [3.05, 3.63) is 34.4 Å². The highest BCUT2D eigenvalue weighted by Gasteiger charge is 2.47. The first-order chi connectivity index (χ1) is 22.5. The van der Waals surface area contributed by atoms with E-state index < -0.39 is 50.6 Å². The minimum atomic E-state index is -6.16. The maximum atomic E-state index is 12.0. The van der Waals surface area contributed by atoms with E-state index in [1.807, 2.05) is 0 Å². The van der Waals surface area contributed by atoms with Crippen molar-refractivity contribution in [3.8, 4) is 0 Å². The van der Waals surface area contributed by atoms with Crippen LogP contribution < -0.4 is 16.0 Å². The van der Waals surface area contributed by atoms with Crippen LogP contribution in [0, 0.1) is 10.1 Å². The van der Waals surface area contributed by atoms with Crippen LogP contribution >= 0.6 is 39.1 Å². The number of nitrogens with zero attached hydrogens (tertiary/aromatic N) is 1. The van der Waals surface area contributed by atoms with E-state index in [0.717, 1.165) is 0 Å². The molecule has 49 heavy (non-hydrogen) atoms. The highest BCUT2D eigenvalue weighted by Crippen LogP contribution is 2.73. The molecule has 29 heteroatoms. The molecule has 9 N–H and O–H groups in total. The Balaban J connectivity index is 2.14. The number of phosphoric ester groups is 1. The van der Waals surface area contributed by atoms with E-state index in [2.05, 4.69) is 37.7 Å². The van der Waals surface area contributed by atoms with Crippen LogP contribution in [-0.2, 0) is 54.2 Å². The summed E-state index contributed by atoms with van der Waals surface area (Å²) in [5.74, 6) is -0.477. The molecule has 0 aliphatic rings. The number of carbonyl (C=O) groups excluding carboxylic acids is 2. The van der Waals surface area contributed by atoms with Crippen LogP contribution in [0.2, 0.25) is 0 Å². The summed E-state index contributed by atoms with van der Waals surface area (Å²) >= 11 is 0. The van der Waals surface area contributed by atoms with Gasteiger partial charge in [-0.15, -0.1) is 0 Å². The van der Waals surface area contributed by atoms with Crippen LogP contribution in [0.25, 0.3) is 0 Å². The number of nitrogens with one attached hydrogen (secondary N) is 3. The van der Waals surface area contributed by atoms with Gasteiger partial charge in [-0.1, -0.05) is 25.3 Å². The first kappa shape index (κ1) is 45.1. The fraction of sp³-hybridized carbons (Fsp3) is 0.600. The number of unbranched alkanes of at least 4 members (excludes halogenated alkanes) is 5. The Labute approximate surface area is 278 Å². The number of anilines is 1. The minimum Gasteiger partial charge on any atom is -0.376 e. The van der Waals surface area contributed by atoms with Crippen molar-refractivity contribution in [2.24, 2.45) is 0 Å². The van der Waals surface area contributed by atoms with Crippen LogP contribution in [-0.4, -0.2) is 72.3 Å². The standard InChI is InChI=1S/C20H37N4O20P5/c25-19(11-4-3-6-13-22-20(26)16-23-17-9-8-10-18(15-17)24(27)28)21-12-5-1-2-7-14-40-46(32,33)42-48(36,37)44-49(38,39)43-47(34,35)41-45(29,30)31/h8-10,15,23H,1-7,11-14,16H2,(H,21,25)(H,22,26)(H,32,33)(H,34,35)(H,36,37)(H,38,39)(H2,29,30,31). The van der Waals surface area contributed by atoms with Gasteiger partial charge in [0.2, 0.25) is 11.8 Å². The van der Waals surface area contributed by atoms with Gasteiger partial charge in [0, 0.05) is 37.3 Å². The molecule has 1 aromatic carbocycles. The van der Waals surface area contributed by atoms with Gasteiger partial charge in [0.1, 0.15) is 0 Å². The highest BCUT2D eigenvalue weighted by atomic mass is 31.3. The summed E-state index contributed by atoms with van der Waals surface area (Å²) in [6.07, 6.45) is 3.73. The lowest BCUT2D eigenvalue weighted by Gasteiger charge is -2.19. The third-order valence-electron chi connectivity index (χ3n) is 5.39. The molecule has 0 saturated carbocycles. The average Bonchev–Trinajstić information content (AvgIpc) is 2.91. The summed E-state index contributed by atoms with van der Waals surface area (Å²) in [4.78, 5) is 88.2. The van der Waals surface area contributed by atoms with E-state index in [1.165, 1.54) is 18.2 Å². The number of hydrogen-bond donors (Lipinski definition) is 9. The quantitative estimate of drug-likeness (QED) is 0.0281. The summed E-state index contributed by atoms with van der Waals surface area (Å²) in [6, 6.07) is 5.75. The molecule has 24 nitrogen and oxygen atoms in total. The first-order valence-electron chi connectivity index (χ1n) is 13.9. The van der Waals surface area contributed by atoms with Crippen molar-refractivity contribution in [3.63, 3.8) is 0 Å². The highest BCUT2D eigenvalue weighted by molar-refractivity contribution is 7.71. The smallest absolute Gasteiger partial charge is 0.376 e. The van der Waals surface area contributed by atoms with E-state index >= 15 is 0 Å². The Morgan fingerprint density at radius 1 is 0.694 bits per heavy atom. The molecule has 2 amide bonds. The Morgan fingerprint density at radius 3 is 1.78 bits per heavy atom. The van der Waals surface area contributed by atoms with Crippen molar-refractivity contribution >= 4 is 62.3 Å². The SMILES string of the molecule is O=C(CCCCCNC(=O)CNc1cccc([N+](=O)[O-])c1)NCCCCCCOP(=O)(O)OP(=O)(O)OP(=O)(O)OP(=O)(O)OP(=O)(O)O. The van der Waals surface area contributed by atoms with Gasteiger partial charge in [-0.2, -0.15) is 17.2 Å². The molecule has 0 heterocycles. The van der Waals surface area contributed by atoms with Crippen molar-refractivity contribution in [1.29, 1.82) is 0 Å². The number of benzene rings is 1. The van der Waals surface area contributed by atoms with E-state index in [9.17, 15) is 57.2 Å². The van der Waals surface area contributed by atoms with Gasteiger partial charge < -0.3 is 45.3 Å². The summed E-state index contributed by atoms with van der Waals surface area (Å²) < 4.78 is 75.3. The molecular weight excluding hydrogens is 771 g/mol. The topological polar surface area (TPSA) is 366 Å². The minimum absolute atomic E-state index is 0.0625. The summed E-state index contributed by atoms with van der Waals surface area (Å²) in [7, 11) is -29.4. The Morgan fingerprint density at radius 2 is 1.20 bits per heavy atom. The number of amides is 2. The number of nitro benzene ring substituents is 1. The fourth-order valence-corrected chi connectivity index (χ4v) is 9.38. The predicted octanol–water partition coefficient (Wildman–Crippen LogP) is 2.94. The van der Waals surface area contributed by atoms with Crippen molar-refractivity contribution in [1.82, 2.24) is 10.6 Å². The lowest BCUT2D eigenvalue weighted by molar-refractivity contribution is -0.384. The number of phosphoric acid groups is 5. The van der Waals surface area contributed by atoms with Gasteiger partial charge in [0.05, 0.1) is 18.1 Å². The fourth-order valence-electron chi connectivity index (χ4n) is 3.46. The van der Waals surface area contributed by atoms with Gasteiger partial charge >= 0.3 is 39.1 Å². The number of non-ortho nitro benzene ring substituents is 1. The van der Waals surface area contributed by atoms with Crippen LogP contribution in [0.4, 0.5) is 11.4 Å². The lowest BCUT2D eigenvalue weighted by atomic mass is 10.1. The largest absolute Gasteiger partial charge is 0.490 e. The van der Waals surface area contributed by atoms with E-state index in [-0.39, 0.29) is 36.9 Å². The van der Waals surface area contributed by atoms with E-state index in [4.69, 9.17) is 14.7 Å². The number of rotatable bonds is 26. The normalized spacial score (nSPS) is 16.7. The molecule has 0 spiro atoms. The number of hydrogen-bond acceptors (Lipinski definition) is 15. The maximum Gasteiger partial charge on any atom is 0.490 e. The van der Waals surface area contributed by atoms with E-state index in [0.29, 0.717) is 57.3 Å². The Kier molecular flexibility index (Phi) is 19.1. The van der Waals surface area contributed by atoms with Crippen molar-refractivity contribution in [2.45, 2.75) is 51.4 Å². The molecule has 0 bridgehead atoms. The van der Waals surface area contributed by atoms with Gasteiger partial charge in [0.15, 0.2) is 0 Å². The summed E-state index contributed by atoms with van der Waals surface area (Å²) in [6.45, 7) is 0.153. The summed E-state index contributed by atoms with van der Waals surface area (Å²) in [5, 5.41) is 19.0. The molecule has 0 aliphatic heterocycles. The van der Waals surface area contributed by atoms with Gasteiger partial charge in [-0.25, -0.2) is 22.8 Å². The third kappa shape index (κ3) is 23.2.